The summed E-state index contributed by atoms with van der Waals surface area (Å²) in [5.41, 5.74) is 0.495. The molecule has 0 aliphatic heterocycles. The van der Waals surface area contributed by atoms with Gasteiger partial charge >= 0.3 is 6.18 Å². The predicted molar refractivity (Wildman–Crippen MR) is 124 cm³/mol. The summed E-state index contributed by atoms with van der Waals surface area (Å²) in [6.07, 6.45) is -3.58. The number of rotatable bonds is 7. The predicted octanol–water partition coefficient (Wildman–Crippen LogP) is 5.37. The van der Waals surface area contributed by atoms with E-state index in [1.165, 1.54) is 30.5 Å². The molecule has 0 radical (unpaired) electrons. The van der Waals surface area contributed by atoms with Crippen molar-refractivity contribution in [1.82, 2.24) is 5.43 Å². The van der Waals surface area contributed by atoms with Gasteiger partial charge in [-0.3, -0.25) is 9.10 Å². The van der Waals surface area contributed by atoms with E-state index in [4.69, 9.17) is 16.0 Å². The van der Waals surface area contributed by atoms with E-state index in [0.717, 1.165) is 6.07 Å². The van der Waals surface area contributed by atoms with Gasteiger partial charge in [0.05, 0.1) is 31.9 Å². The Hall–Kier alpha value is -2.83. The molecule has 3 aromatic rings. The third kappa shape index (κ3) is 5.99. The Morgan fingerprint density at radius 3 is 2.47 bits per heavy atom. The van der Waals surface area contributed by atoms with E-state index in [1.807, 2.05) is 0 Å². The van der Waals surface area contributed by atoms with Crippen molar-refractivity contribution in [2.75, 3.05) is 10.8 Å². The first-order valence-corrected chi connectivity index (χ1v) is 12.0. The summed E-state index contributed by atoms with van der Waals surface area (Å²) in [4.78, 5) is 12.3. The van der Waals surface area contributed by atoms with Gasteiger partial charge in [0.15, 0.2) is 0 Å². The van der Waals surface area contributed by atoms with Crippen molar-refractivity contribution in [1.29, 1.82) is 0 Å². The zero-order valence-electron chi connectivity index (χ0n) is 17.3. The number of hydrogen-bond acceptors (Lipinski definition) is 5. The fourth-order valence-corrected chi connectivity index (χ4v) is 4.81. The zero-order chi connectivity index (χ0) is 25.1. The number of aryl methyl sites for hydroxylation is 1. The van der Waals surface area contributed by atoms with Crippen LogP contribution in [0.2, 0.25) is 5.02 Å². The molecule has 7 nitrogen and oxygen atoms in total. The largest absolute Gasteiger partial charge is 0.459 e. The van der Waals surface area contributed by atoms with Gasteiger partial charge in [-0.2, -0.15) is 18.3 Å². The lowest BCUT2D eigenvalue weighted by atomic mass is 10.2. The van der Waals surface area contributed by atoms with E-state index in [2.05, 4.69) is 26.5 Å². The Morgan fingerprint density at radius 1 is 1.21 bits per heavy atom. The second-order valence-corrected chi connectivity index (χ2v) is 9.96. The zero-order valence-corrected chi connectivity index (χ0v) is 20.5. The quantitative estimate of drug-likeness (QED) is 0.302. The second-order valence-electron chi connectivity index (χ2n) is 6.83. The SMILES string of the molecule is Cc1oc(/C=N/NC(=O)CN(c2cc(C(F)(F)F)ccc2Cl)S(=O)(=O)c2ccccc2)cc1Br. The first kappa shape index (κ1) is 25.8. The van der Waals surface area contributed by atoms with Crippen LogP contribution in [-0.2, 0) is 21.0 Å². The number of amides is 1. The molecule has 1 heterocycles. The molecular formula is C21H16BrClF3N3O4S. The maximum Gasteiger partial charge on any atom is 0.416 e. The molecule has 0 fully saturated rings. The summed E-state index contributed by atoms with van der Waals surface area (Å²) < 4.78 is 72.9. The number of halogens is 5. The van der Waals surface area contributed by atoms with Crippen LogP contribution < -0.4 is 9.73 Å². The number of hydrazone groups is 1. The van der Waals surface area contributed by atoms with E-state index in [-0.39, 0.29) is 9.92 Å². The van der Waals surface area contributed by atoms with E-state index in [9.17, 15) is 26.4 Å². The lowest BCUT2D eigenvalue weighted by Crippen LogP contribution is -2.39. The Labute approximate surface area is 206 Å². The number of alkyl halides is 3. The number of benzene rings is 2. The van der Waals surface area contributed by atoms with Crippen LogP contribution in [0.25, 0.3) is 0 Å². The van der Waals surface area contributed by atoms with Gasteiger partial charge in [0, 0.05) is 6.07 Å². The minimum atomic E-state index is -4.76. The minimum Gasteiger partial charge on any atom is -0.459 e. The van der Waals surface area contributed by atoms with Crippen LogP contribution in [0.4, 0.5) is 18.9 Å². The lowest BCUT2D eigenvalue weighted by molar-refractivity contribution is -0.137. The molecular weight excluding hydrogens is 563 g/mol. The topological polar surface area (TPSA) is 92.0 Å². The minimum absolute atomic E-state index is 0.240. The summed E-state index contributed by atoms with van der Waals surface area (Å²) in [5.74, 6) is -0.0435. The Bertz CT molecular complexity index is 1310. The molecule has 0 saturated carbocycles. The lowest BCUT2D eigenvalue weighted by Gasteiger charge is -2.25. The number of anilines is 1. The highest BCUT2D eigenvalue weighted by atomic mass is 79.9. The number of sulfonamides is 1. The van der Waals surface area contributed by atoms with Gasteiger partial charge in [-0.1, -0.05) is 29.8 Å². The van der Waals surface area contributed by atoms with Crippen molar-refractivity contribution < 1.29 is 30.8 Å². The van der Waals surface area contributed by atoms with Crippen LogP contribution in [-0.4, -0.2) is 27.1 Å². The summed E-state index contributed by atoms with van der Waals surface area (Å²) in [5, 5.41) is 3.41. The Morgan fingerprint density at radius 2 is 1.88 bits per heavy atom. The number of carbonyl (C=O) groups is 1. The van der Waals surface area contributed by atoms with Crippen molar-refractivity contribution in [2.45, 2.75) is 18.0 Å². The smallest absolute Gasteiger partial charge is 0.416 e. The van der Waals surface area contributed by atoms with Gasteiger partial charge in [0.2, 0.25) is 0 Å². The van der Waals surface area contributed by atoms with Crippen molar-refractivity contribution >= 4 is 55.4 Å². The molecule has 3 rings (SSSR count). The normalized spacial score (nSPS) is 12.2. The molecule has 1 amide bonds. The molecule has 0 unspecified atom stereocenters. The van der Waals surface area contributed by atoms with Crippen LogP contribution in [0.5, 0.6) is 0 Å². The molecule has 13 heteroatoms. The number of nitrogens with zero attached hydrogens (tertiary/aromatic N) is 2. The van der Waals surface area contributed by atoms with E-state index in [0.29, 0.717) is 32.4 Å². The molecule has 0 bridgehead atoms. The van der Waals surface area contributed by atoms with Crippen LogP contribution in [0.3, 0.4) is 0 Å². The summed E-state index contributed by atoms with van der Waals surface area (Å²) in [6.45, 7) is 0.807. The summed E-state index contributed by atoms with van der Waals surface area (Å²) >= 11 is 9.33. The number of nitrogens with one attached hydrogen (secondary N) is 1. The van der Waals surface area contributed by atoms with Crippen LogP contribution in [0, 0.1) is 6.92 Å². The monoisotopic (exact) mass is 577 g/mol. The standard InChI is InChI=1S/C21H16BrClF3N3O4S/c1-13-17(22)10-15(33-13)11-27-28-20(30)12-29(34(31,32)16-5-3-2-4-6-16)19-9-14(21(24,25)26)7-8-18(19)23/h2-11H,12H2,1H3,(H,28,30)/b27-11+. The fraction of sp³-hybridized carbons (Fsp3) is 0.143. The van der Waals surface area contributed by atoms with Crippen molar-refractivity contribution in [3.8, 4) is 0 Å². The van der Waals surface area contributed by atoms with Gasteiger partial charge in [-0.15, -0.1) is 0 Å². The highest BCUT2D eigenvalue weighted by Gasteiger charge is 2.34. The van der Waals surface area contributed by atoms with Gasteiger partial charge in [0.1, 0.15) is 18.1 Å². The number of hydrogen-bond donors (Lipinski definition) is 1. The maximum absolute atomic E-state index is 13.3. The fourth-order valence-electron chi connectivity index (χ4n) is 2.78. The highest BCUT2D eigenvalue weighted by molar-refractivity contribution is 9.10. The van der Waals surface area contributed by atoms with Crippen molar-refractivity contribution in [3.63, 3.8) is 0 Å². The first-order chi connectivity index (χ1) is 15.9. The summed E-state index contributed by atoms with van der Waals surface area (Å²) in [7, 11) is -4.47. The third-order valence-electron chi connectivity index (χ3n) is 4.42. The van der Waals surface area contributed by atoms with Gasteiger partial charge in [-0.05, 0) is 53.2 Å². The molecule has 34 heavy (non-hydrogen) atoms. The average Bonchev–Trinajstić information content (AvgIpc) is 3.09. The average molecular weight is 579 g/mol. The van der Waals surface area contributed by atoms with Crippen molar-refractivity contribution in [3.05, 3.63) is 81.2 Å². The molecule has 1 N–H and O–H groups in total. The molecule has 0 spiro atoms. The molecule has 2 aromatic carbocycles. The molecule has 0 saturated heterocycles. The van der Waals surface area contributed by atoms with Crippen LogP contribution in [0.15, 0.2) is 73.5 Å². The van der Waals surface area contributed by atoms with E-state index in [1.54, 1.807) is 19.1 Å². The molecule has 0 aliphatic rings. The van der Waals surface area contributed by atoms with Gasteiger partial charge in [-0.25, -0.2) is 13.8 Å². The molecule has 1 aromatic heterocycles. The van der Waals surface area contributed by atoms with E-state index < -0.39 is 39.9 Å². The second kappa shape index (κ2) is 10.2. The Balaban J connectivity index is 1.95. The molecule has 0 aliphatic carbocycles. The Kier molecular flexibility index (Phi) is 7.74. The van der Waals surface area contributed by atoms with Crippen LogP contribution in [0.1, 0.15) is 17.1 Å². The molecule has 180 valence electrons. The van der Waals surface area contributed by atoms with Crippen LogP contribution >= 0.6 is 27.5 Å². The number of carbonyl (C=O) groups excluding carboxylic acids is 1. The number of furan rings is 1. The van der Waals surface area contributed by atoms with Gasteiger partial charge in [0.25, 0.3) is 15.9 Å². The first-order valence-electron chi connectivity index (χ1n) is 9.42. The van der Waals surface area contributed by atoms with E-state index >= 15 is 0 Å². The summed E-state index contributed by atoms with van der Waals surface area (Å²) in [6, 6.07) is 10.7. The van der Waals surface area contributed by atoms with Gasteiger partial charge < -0.3 is 4.42 Å². The third-order valence-corrected chi connectivity index (χ3v) is 7.30. The van der Waals surface area contributed by atoms with Crippen molar-refractivity contribution in [2.24, 2.45) is 5.10 Å². The maximum atomic E-state index is 13.3. The highest BCUT2D eigenvalue weighted by Crippen LogP contribution is 2.37. The molecule has 0 atom stereocenters.